The van der Waals surface area contributed by atoms with E-state index >= 15 is 0 Å². The van der Waals surface area contributed by atoms with Crippen LogP contribution in [0.3, 0.4) is 0 Å². The van der Waals surface area contributed by atoms with Crippen LogP contribution in [0.4, 0.5) is 5.69 Å². The van der Waals surface area contributed by atoms with Crippen LogP contribution in [0.15, 0.2) is 35.0 Å². The third kappa shape index (κ3) is 3.13. The highest BCUT2D eigenvalue weighted by molar-refractivity contribution is 7.88. The molecule has 2 atom stereocenters. The molecule has 7 nitrogen and oxygen atoms in total. The van der Waals surface area contributed by atoms with E-state index in [1.165, 1.54) is 4.90 Å². The van der Waals surface area contributed by atoms with Gasteiger partial charge in [-0.3, -0.25) is 9.59 Å². The second-order valence-electron chi connectivity index (χ2n) is 6.56. The van der Waals surface area contributed by atoms with E-state index in [2.05, 4.69) is 10.0 Å². The zero-order valence-electron chi connectivity index (χ0n) is 13.9. The molecule has 0 aliphatic carbocycles. The number of hydrogen-bond donors (Lipinski definition) is 2. The van der Waals surface area contributed by atoms with Gasteiger partial charge in [0.1, 0.15) is 6.04 Å². The number of rotatable bonds is 3. The molecular weight excluding hydrogens is 374 g/mol. The quantitative estimate of drug-likeness (QED) is 0.829. The molecule has 1 fully saturated rings. The smallest absolute Gasteiger partial charge is 0.256 e. The summed E-state index contributed by atoms with van der Waals surface area (Å²) in [6, 6.07) is 6.21. The van der Waals surface area contributed by atoms with Gasteiger partial charge >= 0.3 is 0 Å². The van der Waals surface area contributed by atoms with Crippen molar-refractivity contribution in [2.75, 3.05) is 18.1 Å². The predicted octanol–water partition coefficient (Wildman–Crippen LogP) is 1.50. The summed E-state index contributed by atoms with van der Waals surface area (Å²) in [7, 11) is -3.41. The van der Waals surface area contributed by atoms with E-state index in [1.807, 2.05) is 22.9 Å². The topological polar surface area (TPSA) is 95.6 Å². The molecule has 1 aromatic carbocycles. The standard InChI is InChI=1S/C17H17N3O4S2/c1-26(23,24)19-12-7-15-16(21)18-14-3-2-10(11-4-5-25-9-11)6-13(14)17(22)20(15)8-12/h2-6,9,12,15,19H,7-8H2,1H3,(H,18,21). The number of nitrogens with zero attached hydrogens (tertiary/aromatic N) is 1. The Bertz CT molecular complexity index is 985. The first-order chi connectivity index (χ1) is 12.3. The highest BCUT2D eigenvalue weighted by atomic mass is 32.2. The number of benzene rings is 1. The lowest BCUT2D eigenvalue weighted by Gasteiger charge is -2.20. The Morgan fingerprint density at radius 3 is 2.73 bits per heavy atom. The van der Waals surface area contributed by atoms with Crippen LogP contribution < -0.4 is 10.0 Å². The Morgan fingerprint density at radius 1 is 1.23 bits per heavy atom. The predicted molar refractivity (Wildman–Crippen MR) is 99.6 cm³/mol. The minimum absolute atomic E-state index is 0.173. The molecule has 136 valence electrons. The lowest BCUT2D eigenvalue weighted by atomic mass is 10.0. The van der Waals surface area contributed by atoms with Gasteiger partial charge < -0.3 is 10.2 Å². The van der Waals surface area contributed by atoms with Gasteiger partial charge in [-0.05, 0) is 46.5 Å². The Balaban J connectivity index is 1.69. The third-order valence-electron chi connectivity index (χ3n) is 4.61. The Labute approximate surface area is 155 Å². The molecule has 2 amide bonds. The first-order valence-electron chi connectivity index (χ1n) is 8.07. The number of amides is 2. The van der Waals surface area contributed by atoms with Crippen LogP contribution in [-0.4, -0.2) is 50.0 Å². The summed E-state index contributed by atoms with van der Waals surface area (Å²) in [6.07, 6.45) is 1.33. The summed E-state index contributed by atoms with van der Waals surface area (Å²) < 4.78 is 25.5. The molecule has 2 aliphatic rings. The summed E-state index contributed by atoms with van der Waals surface area (Å²) in [5, 5.41) is 6.76. The number of carbonyl (C=O) groups excluding carboxylic acids is 2. The lowest BCUT2D eigenvalue weighted by molar-refractivity contribution is -0.119. The largest absolute Gasteiger partial charge is 0.325 e. The lowest BCUT2D eigenvalue weighted by Crippen LogP contribution is -2.41. The molecule has 2 aliphatic heterocycles. The first kappa shape index (κ1) is 17.2. The van der Waals surface area contributed by atoms with Gasteiger partial charge in [0.2, 0.25) is 15.9 Å². The molecule has 0 radical (unpaired) electrons. The van der Waals surface area contributed by atoms with Gasteiger partial charge in [-0.15, -0.1) is 0 Å². The number of carbonyl (C=O) groups is 2. The second-order valence-corrected chi connectivity index (χ2v) is 9.12. The summed E-state index contributed by atoms with van der Waals surface area (Å²) in [5.41, 5.74) is 2.82. The fraction of sp³-hybridized carbons (Fsp3) is 0.294. The van der Waals surface area contributed by atoms with Crippen molar-refractivity contribution in [1.82, 2.24) is 9.62 Å². The van der Waals surface area contributed by atoms with E-state index in [0.717, 1.165) is 17.4 Å². The van der Waals surface area contributed by atoms with Crippen molar-refractivity contribution in [2.45, 2.75) is 18.5 Å². The van der Waals surface area contributed by atoms with Crippen molar-refractivity contribution in [1.29, 1.82) is 0 Å². The molecule has 2 unspecified atom stereocenters. The van der Waals surface area contributed by atoms with Crippen molar-refractivity contribution < 1.29 is 18.0 Å². The fourth-order valence-corrected chi connectivity index (χ4v) is 4.95. The average Bonchev–Trinajstić information content (AvgIpc) is 3.21. The van der Waals surface area contributed by atoms with Crippen LogP contribution in [0.1, 0.15) is 16.8 Å². The van der Waals surface area contributed by atoms with Crippen molar-refractivity contribution in [2.24, 2.45) is 0 Å². The molecule has 1 saturated heterocycles. The van der Waals surface area contributed by atoms with E-state index < -0.39 is 22.1 Å². The van der Waals surface area contributed by atoms with Crippen molar-refractivity contribution in [3.63, 3.8) is 0 Å². The summed E-state index contributed by atoms with van der Waals surface area (Å²) in [4.78, 5) is 27.1. The monoisotopic (exact) mass is 391 g/mol. The zero-order valence-corrected chi connectivity index (χ0v) is 15.6. The molecule has 2 N–H and O–H groups in total. The molecule has 2 aromatic rings. The molecule has 9 heteroatoms. The Kier molecular flexibility index (Phi) is 4.09. The normalized spacial score (nSPS) is 22.6. The van der Waals surface area contributed by atoms with Gasteiger partial charge in [0.05, 0.1) is 17.5 Å². The molecule has 0 bridgehead atoms. The van der Waals surface area contributed by atoms with Gasteiger partial charge in [-0.1, -0.05) is 6.07 Å². The number of sulfonamides is 1. The van der Waals surface area contributed by atoms with Crippen molar-refractivity contribution in [3.05, 3.63) is 40.6 Å². The van der Waals surface area contributed by atoms with Gasteiger partial charge in [0.15, 0.2) is 0 Å². The number of thiophene rings is 1. The second kappa shape index (κ2) is 6.19. The van der Waals surface area contributed by atoms with Crippen molar-refractivity contribution >= 4 is 38.9 Å². The van der Waals surface area contributed by atoms with Gasteiger partial charge in [0, 0.05) is 12.6 Å². The van der Waals surface area contributed by atoms with Gasteiger partial charge in [0.25, 0.3) is 5.91 Å². The van der Waals surface area contributed by atoms with E-state index in [4.69, 9.17) is 0 Å². The minimum Gasteiger partial charge on any atom is -0.325 e. The Hall–Kier alpha value is -2.23. The molecule has 4 rings (SSSR count). The number of fused-ring (bicyclic) bond motifs is 2. The minimum atomic E-state index is -3.41. The van der Waals surface area contributed by atoms with Crippen LogP contribution in [0, 0.1) is 0 Å². The van der Waals surface area contributed by atoms with E-state index in [0.29, 0.717) is 11.3 Å². The van der Waals surface area contributed by atoms with Crippen LogP contribution in [0.25, 0.3) is 11.1 Å². The SMILES string of the molecule is CS(=O)(=O)NC1CC2C(=O)Nc3ccc(-c4ccsc4)cc3C(=O)N2C1. The molecule has 0 spiro atoms. The average molecular weight is 391 g/mol. The number of nitrogens with one attached hydrogen (secondary N) is 2. The van der Waals surface area contributed by atoms with Crippen LogP contribution in [-0.2, 0) is 14.8 Å². The van der Waals surface area contributed by atoms with Crippen LogP contribution in [0.5, 0.6) is 0 Å². The molecular formula is C17H17N3O4S2. The highest BCUT2D eigenvalue weighted by Crippen LogP contribution is 2.32. The highest BCUT2D eigenvalue weighted by Gasteiger charge is 2.43. The van der Waals surface area contributed by atoms with Crippen LogP contribution >= 0.6 is 11.3 Å². The third-order valence-corrected chi connectivity index (χ3v) is 6.05. The van der Waals surface area contributed by atoms with Crippen LogP contribution in [0.2, 0.25) is 0 Å². The van der Waals surface area contributed by atoms with E-state index in [9.17, 15) is 18.0 Å². The Morgan fingerprint density at radius 2 is 2.04 bits per heavy atom. The maximum Gasteiger partial charge on any atom is 0.256 e. The molecule has 26 heavy (non-hydrogen) atoms. The van der Waals surface area contributed by atoms with Gasteiger partial charge in [-0.25, -0.2) is 13.1 Å². The fourth-order valence-electron chi connectivity index (χ4n) is 3.51. The zero-order chi connectivity index (χ0) is 18.5. The molecule has 0 saturated carbocycles. The number of hydrogen-bond acceptors (Lipinski definition) is 5. The molecule has 3 heterocycles. The first-order valence-corrected chi connectivity index (χ1v) is 10.9. The van der Waals surface area contributed by atoms with E-state index in [-0.39, 0.29) is 24.8 Å². The summed E-state index contributed by atoms with van der Waals surface area (Å²) in [5.74, 6) is -0.559. The molecule has 1 aromatic heterocycles. The summed E-state index contributed by atoms with van der Waals surface area (Å²) in [6.45, 7) is 0.173. The maximum atomic E-state index is 13.1. The van der Waals surface area contributed by atoms with Gasteiger partial charge in [-0.2, -0.15) is 11.3 Å². The van der Waals surface area contributed by atoms with E-state index in [1.54, 1.807) is 23.5 Å². The summed E-state index contributed by atoms with van der Waals surface area (Å²) >= 11 is 1.57. The number of anilines is 1. The van der Waals surface area contributed by atoms with Crippen molar-refractivity contribution in [3.8, 4) is 11.1 Å². The maximum absolute atomic E-state index is 13.1.